The Morgan fingerprint density at radius 2 is 2.11 bits per heavy atom. The van der Waals surface area contributed by atoms with Crippen molar-refractivity contribution in [3.8, 4) is 0 Å². The van der Waals surface area contributed by atoms with E-state index >= 15 is 0 Å². The largest absolute Gasteiger partial charge is 0.316 e. The summed E-state index contributed by atoms with van der Waals surface area (Å²) in [6.07, 6.45) is 4.14. The molecule has 0 aromatic carbocycles. The molecule has 2 aliphatic heterocycles. The smallest absolute Gasteiger partial charge is 0.279 e. The number of rotatable bonds is 4. The standard InChI is InChI=1S/C12H25N3O2S/c1-10-5-3-4-8-15(10)18(16,17)14-11(2)12-6-7-13-9-12/h10-14H,3-9H2,1-2H3. The molecule has 2 heterocycles. The summed E-state index contributed by atoms with van der Waals surface area (Å²) in [5.74, 6) is 0.417. The van der Waals surface area contributed by atoms with Gasteiger partial charge in [0.15, 0.2) is 0 Å². The monoisotopic (exact) mass is 275 g/mol. The molecular formula is C12H25N3O2S. The minimum atomic E-state index is -3.31. The number of nitrogens with one attached hydrogen (secondary N) is 2. The average molecular weight is 275 g/mol. The number of hydrogen-bond acceptors (Lipinski definition) is 3. The van der Waals surface area contributed by atoms with Crippen LogP contribution in [0.3, 0.4) is 0 Å². The van der Waals surface area contributed by atoms with Gasteiger partial charge in [-0.15, -0.1) is 0 Å². The first-order chi connectivity index (χ1) is 8.50. The van der Waals surface area contributed by atoms with Crippen molar-refractivity contribution in [2.75, 3.05) is 19.6 Å². The summed E-state index contributed by atoms with van der Waals surface area (Å²) < 4.78 is 29.2. The van der Waals surface area contributed by atoms with Crippen LogP contribution in [-0.2, 0) is 10.2 Å². The summed E-state index contributed by atoms with van der Waals surface area (Å²) in [7, 11) is -3.31. The predicted octanol–water partition coefficient (Wildman–Crippen LogP) is 0.693. The topological polar surface area (TPSA) is 61.4 Å². The van der Waals surface area contributed by atoms with Crippen LogP contribution in [-0.4, -0.2) is 44.4 Å². The summed E-state index contributed by atoms with van der Waals surface area (Å²) in [4.78, 5) is 0. The van der Waals surface area contributed by atoms with Crippen LogP contribution < -0.4 is 10.0 Å². The van der Waals surface area contributed by atoms with Gasteiger partial charge in [-0.3, -0.25) is 0 Å². The van der Waals surface area contributed by atoms with Crippen LogP contribution in [0.4, 0.5) is 0 Å². The minimum Gasteiger partial charge on any atom is -0.316 e. The quantitative estimate of drug-likeness (QED) is 0.794. The molecule has 0 bridgehead atoms. The molecule has 3 atom stereocenters. The zero-order valence-electron chi connectivity index (χ0n) is 11.4. The van der Waals surface area contributed by atoms with Gasteiger partial charge in [-0.2, -0.15) is 17.4 Å². The number of nitrogens with zero attached hydrogens (tertiary/aromatic N) is 1. The highest BCUT2D eigenvalue weighted by atomic mass is 32.2. The molecule has 2 saturated heterocycles. The lowest BCUT2D eigenvalue weighted by molar-refractivity contribution is 0.261. The van der Waals surface area contributed by atoms with Crippen LogP contribution in [0.25, 0.3) is 0 Å². The molecule has 0 aliphatic carbocycles. The van der Waals surface area contributed by atoms with Gasteiger partial charge in [0.25, 0.3) is 10.2 Å². The van der Waals surface area contributed by atoms with E-state index in [9.17, 15) is 8.42 Å². The van der Waals surface area contributed by atoms with E-state index in [0.29, 0.717) is 12.5 Å². The van der Waals surface area contributed by atoms with E-state index in [0.717, 1.165) is 38.8 Å². The Hall–Kier alpha value is -0.170. The van der Waals surface area contributed by atoms with Gasteiger partial charge < -0.3 is 5.32 Å². The molecule has 2 aliphatic rings. The highest BCUT2D eigenvalue weighted by Crippen LogP contribution is 2.20. The van der Waals surface area contributed by atoms with Crippen LogP contribution in [0, 0.1) is 5.92 Å². The molecule has 2 rings (SSSR count). The van der Waals surface area contributed by atoms with E-state index < -0.39 is 10.2 Å². The van der Waals surface area contributed by atoms with Gasteiger partial charge in [-0.25, -0.2) is 0 Å². The predicted molar refractivity (Wildman–Crippen MR) is 72.5 cm³/mol. The lowest BCUT2D eigenvalue weighted by Crippen LogP contribution is -2.51. The average Bonchev–Trinajstić information content (AvgIpc) is 2.82. The molecule has 0 saturated carbocycles. The van der Waals surface area contributed by atoms with Gasteiger partial charge in [0.2, 0.25) is 0 Å². The van der Waals surface area contributed by atoms with Gasteiger partial charge in [0.05, 0.1) is 0 Å². The minimum absolute atomic E-state index is 0.0131. The first-order valence-electron chi connectivity index (χ1n) is 7.00. The molecule has 2 N–H and O–H groups in total. The maximum atomic E-state index is 12.4. The van der Waals surface area contributed by atoms with E-state index in [1.807, 2.05) is 13.8 Å². The van der Waals surface area contributed by atoms with E-state index in [1.54, 1.807) is 4.31 Å². The van der Waals surface area contributed by atoms with Crippen molar-refractivity contribution in [3.05, 3.63) is 0 Å². The second-order valence-corrected chi connectivity index (χ2v) is 7.27. The lowest BCUT2D eigenvalue weighted by atomic mass is 10.0. The third kappa shape index (κ3) is 3.23. The first-order valence-corrected chi connectivity index (χ1v) is 8.44. The summed E-state index contributed by atoms with van der Waals surface area (Å²) >= 11 is 0. The summed E-state index contributed by atoms with van der Waals surface area (Å²) in [6, 6.07) is 0.143. The van der Waals surface area contributed by atoms with Crippen LogP contribution in [0.5, 0.6) is 0 Å². The molecule has 0 radical (unpaired) electrons. The van der Waals surface area contributed by atoms with Crippen molar-refractivity contribution in [1.29, 1.82) is 0 Å². The maximum Gasteiger partial charge on any atom is 0.279 e. The Kier molecular flexibility index (Phi) is 4.64. The van der Waals surface area contributed by atoms with E-state index in [2.05, 4.69) is 10.0 Å². The zero-order chi connectivity index (χ0) is 13.2. The van der Waals surface area contributed by atoms with E-state index in [1.165, 1.54) is 0 Å². The van der Waals surface area contributed by atoms with Gasteiger partial charge >= 0.3 is 0 Å². The van der Waals surface area contributed by atoms with Gasteiger partial charge in [0.1, 0.15) is 0 Å². The van der Waals surface area contributed by atoms with Crippen LogP contribution >= 0.6 is 0 Å². The summed E-state index contributed by atoms with van der Waals surface area (Å²) in [5.41, 5.74) is 0. The Bertz CT molecular complexity index is 366. The Labute approximate surface area is 110 Å². The van der Waals surface area contributed by atoms with E-state index in [-0.39, 0.29) is 12.1 Å². The fourth-order valence-corrected chi connectivity index (χ4v) is 4.68. The van der Waals surface area contributed by atoms with Crippen molar-refractivity contribution in [2.45, 2.75) is 51.6 Å². The molecule has 0 amide bonds. The summed E-state index contributed by atoms with van der Waals surface area (Å²) in [6.45, 7) is 6.55. The van der Waals surface area contributed by atoms with Gasteiger partial charge in [-0.1, -0.05) is 6.42 Å². The van der Waals surface area contributed by atoms with Crippen molar-refractivity contribution < 1.29 is 8.42 Å². The Morgan fingerprint density at radius 3 is 2.72 bits per heavy atom. The maximum absolute atomic E-state index is 12.4. The molecule has 18 heavy (non-hydrogen) atoms. The SMILES string of the molecule is CC(NS(=O)(=O)N1CCCCC1C)C1CCNC1. The molecular weight excluding hydrogens is 250 g/mol. The lowest BCUT2D eigenvalue weighted by Gasteiger charge is -2.34. The van der Waals surface area contributed by atoms with Crippen LogP contribution in [0.1, 0.15) is 39.5 Å². The van der Waals surface area contributed by atoms with Crippen molar-refractivity contribution >= 4 is 10.2 Å². The Balaban J connectivity index is 1.97. The second-order valence-electron chi connectivity index (χ2n) is 5.62. The molecule has 2 fully saturated rings. The number of piperidine rings is 1. The fraction of sp³-hybridized carbons (Fsp3) is 1.00. The molecule has 3 unspecified atom stereocenters. The third-order valence-corrected chi connectivity index (χ3v) is 6.02. The molecule has 0 spiro atoms. The van der Waals surface area contributed by atoms with Crippen molar-refractivity contribution in [2.24, 2.45) is 5.92 Å². The van der Waals surface area contributed by atoms with Crippen LogP contribution in [0.15, 0.2) is 0 Å². The summed E-state index contributed by atoms with van der Waals surface area (Å²) in [5, 5.41) is 3.28. The highest BCUT2D eigenvalue weighted by molar-refractivity contribution is 7.87. The van der Waals surface area contributed by atoms with Gasteiger partial charge in [-0.05, 0) is 52.1 Å². The zero-order valence-corrected chi connectivity index (χ0v) is 12.2. The second kappa shape index (κ2) is 5.86. The van der Waals surface area contributed by atoms with Crippen molar-refractivity contribution in [3.63, 3.8) is 0 Å². The molecule has 0 aromatic rings. The first kappa shape index (κ1) is 14.2. The highest BCUT2D eigenvalue weighted by Gasteiger charge is 2.32. The molecule has 5 nitrogen and oxygen atoms in total. The molecule has 6 heteroatoms. The number of hydrogen-bond donors (Lipinski definition) is 2. The van der Waals surface area contributed by atoms with Crippen molar-refractivity contribution in [1.82, 2.24) is 14.3 Å². The molecule has 106 valence electrons. The van der Waals surface area contributed by atoms with Crippen LogP contribution in [0.2, 0.25) is 0 Å². The normalized spacial score (nSPS) is 32.6. The van der Waals surface area contributed by atoms with E-state index in [4.69, 9.17) is 0 Å². The Morgan fingerprint density at radius 1 is 1.33 bits per heavy atom. The molecule has 0 aromatic heterocycles. The third-order valence-electron chi connectivity index (χ3n) is 4.19. The fourth-order valence-electron chi connectivity index (χ4n) is 2.93. The van der Waals surface area contributed by atoms with Gasteiger partial charge in [0, 0.05) is 18.6 Å².